The summed E-state index contributed by atoms with van der Waals surface area (Å²) in [5.41, 5.74) is 0.757. The van der Waals surface area contributed by atoms with Gasteiger partial charge in [-0.25, -0.2) is 4.98 Å². The van der Waals surface area contributed by atoms with Gasteiger partial charge in [0.2, 0.25) is 0 Å². The van der Waals surface area contributed by atoms with E-state index in [9.17, 15) is 5.11 Å². The van der Waals surface area contributed by atoms with Gasteiger partial charge in [0, 0.05) is 24.8 Å². The number of aliphatic hydroxyl groups is 1. The number of aliphatic hydroxyl groups excluding tert-OH is 1. The summed E-state index contributed by atoms with van der Waals surface area (Å²) in [4.78, 5) is 6.65. The van der Waals surface area contributed by atoms with Crippen LogP contribution < -0.4 is 4.90 Å². The van der Waals surface area contributed by atoms with Crippen LogP contribution in [-0.4, -0.2) is 23.2 Å². The highest BCUT2D eigenvalue weighted by Crippen LogP contribution is 2.28. The fourth-order valence-electron chi connectivity index (χ4n) is 2.56. The Bertz CT molecular complexity index is 401. The summed E-state index contributed by atoms with van der Waals surface area (Å²) >= 11 is 5.96. The van der Waals surface area contributed by atoms with E-state index in [0.717, 1.165) is 36.3 Å². The lowest BCUT2D eigenvalue weighted by Gasteiger charge is -2.34. The van der Waals surface area contributed by atoms with Crippen LogP contribution in [0.4, 0.5) is 5.82 Å². The van der Waals surface area contributed by atoms with Crippen molar-refractivity contribution in [2.24, 2.45) is 11.8 Å². The molecule has 0 unspecified atom stereocenters. The molecule has 0 saturated carbocycles. The van der Waals surface area contributed by atoms with Gasteiger partial charge >= 0.3 is 0 Å². The topological polar surface area (TPSA) is 36.4 Å². The molecule has 3 nitrogen and oxygen atoms in total. The van der Waals surface area contributed by atoms with Gasteiger partial charge in [-0.3, -0.25) is 0 Å². The molecule has 18 heavy (non-hydrogen) atoms. The Balaban J connectivity index is 2.05. The Hall–Kier alpha value is -0.800. The van der Waals surface area contributed by atoms with Crippen LogP contribution in [0.15, 0.2) is 12.3 Å². The van der Waals surface area contributed by atoms with Crippen LogP contribution >= 0.6 is 11.6 Å². The molecule has 0 aromatic carbocycles. The average Bonchev–Trinajstić information content (AvgIpc) is 2.39. The predicted octanol–water partition coefficient (Wildman–Crippen LogP) is 3.10. The molecule has 1 fully saturated rings. The Morgan fingerprint density at radius 1 is 1.44 bits per heavy atom. The summed E-state index contributed by atoms with van der Waals surface area (Å²) in [6.45, 7) is 6.65. The standard InChI is InChI=1S/C14H21ClN2O/c1-10(2)11-3-5-17(6-4-11)14-7-12(9-18)13(15)8-16-14/h7-8,10-11,18H,3-6,9H2,1-2H3. The third-order valence-corrected chi connectivity index (χ3v) is 4.24. The van der Waals surface area contributed by atoms with Crippen molar-refractivity contribution < 1.29 is 5.11 Å². The Morgan fingerprint density at radius 3 is 2.67 bits per heavy atom. The summed E-state index contributed by atoms with van der Waals surface area (Å²) < 4.78 is 0. The molecule has 2 heterocycles. The smallest absolute Gasteiger partial charge is 0.128 e. The van der Waals surface area contributed by atoms with E-state index in [1.807, 2.05) is 6.07 Å². The van der Waals surface area contributed by atoms with Crippen LogP contribution in [0.2, 0.25) is 5.02 Å². The van der Waals surface area contributed by atoms with Gasteiger partial charge in [0.05, 0.1) is 11.6 Å². The largest absolute Gasteiger partial charge is 0.392 e. The maximum atomic E-state index is 9.23. The van der Waals surface area contributed by atoms with Crippen LogP contribution in [0.3, 0.4) is 0 Å². The molecule has 100 valence electrons. The van der Waals surface area contributed by atoms with Crippen LogP contribution in [0.5, 0.6) is 0 Å². The van der Waals surface area contributed by atoms with Crippen molar-refractivity contribution in [3.63, 3.8) is 0 Å². The summed E-state index contributed by atoms with van der Waals surface area (Å²) in [7, 11) is 0. The predicted molar refractivity (Wildman–Crippen MR) is 74.9 cm³/mol. The molecule has 1 aromatic rings. The quantitative estimate of drug-likeness (QED) is 0.915. The van der Waals surface area contributed by atoms with E-state index in [1.165, 1.54) is 12.8 Å². The lowest BCUT2D eigenvalue weighted by molar-refractivity contribution is 0.281. The van der Waals surface area contributed by atoms with Crippen molar-refractivity contribution in [3.8, 4) is 0 Å². The number of halogens is 1. The number of hydrogen-bond acceptors (Lipinski definition) is 3. The Labute approximate surface area is 114 Å². The minimum atomic E-state index is -0.0309. The third-order valence-electron chi connectivity index (χ3n) is 3.90. The second-order valence-electron chi connectivity index (χ2n) is 5.36. The highest BCUT2D eigenvalue weighted by atomic mass is 35.5. The molecule has 0 bridgehead atoms. The molecule has 1 saturated heterocycles. The summed E-state index contributed by atoms with van der Waals surface area (Å²) in [5, 5.41) is 9.77. The summed E-state index contributed by atoms with van der Waals surface area (Å²) in [5.74, 6) is 2.52. The Kier molecular flexibility index (Phi) is 4.46. The third kappa shape index (κ3) is 2.96. The molecular weight excluding hydrogens is 248 g/mol. The first-order chi connectivity index (χ1) is 8.61. The molecule has 4 heteroatoms. The zero-order chi connectivity index (χ0) is 13.1. The highest BCUT2D eigenvalue weighted by Gasteiger charge is 2.22. The second-order valence-corrected chi connectivity index (χ2v) is 5.77. The maximum Gasteiger partial charge on any atom is 0.128 e. The van der Waals surface area contributed by atoms with Crippen molar-refractivity contribution in [2.45, 2.75) is 33.3 Å². The lowest BCUT2D eigenvalue weighted by Crippen LogP contribution is -2.35. The number of piperidine rings is 1. The van der Waals surface area contributed by atoms with Crippen LogP contribution in [0.1, 0.15) is 32.3 Å². The summed E-state index contributed by atoms with van der Waals surface area (Å²) in [6.07, 6.45) is 4.07. The number of anilines is 1. The first-order valence-electron chi connectivity index (χ1n) is 6.62. The molecule has 1 N–H and O–H groups in total. The minimum absolute atomic E-state index is 0.0309. The van der Waals surface area contributed by atoms with E-state index >= 15 is 0 Å². The number of hydrogen-bond donors (Lipinski definition) is 1. The van der Waals surface area contributed by atoms with Gasteiger partial charge < -0.3 is 10.0 Å². The number of nitrogens with zero attached hydrogens (tertiary/aromatic N) is 2. The second kappa shape index (κ2) is 5.89. The number of rotatable bonds is 3. The maximum absolute atomic E-state index is 9.23. The first-order valence-corrected chi connectivity index (χ1v) is 7.00. The van der Waals surface area contributed by atoms with E-state index in [2.05, 4.69) is 23.7 Å². The monoisotopic (exact) mass is 268 g/mol. The molecule has 0 spiro atoms. The lowest BCUT2D eigenvalue weighted by atomic mass is 9.87. The highest BCUT2D eigenvalue weighted by molar-refractivity contribution is 6.31. The van der Waals surface area contributed by atoms with Gasteiger partial charge in [0.25, 0.3) is 0 Å². The minimum Gasteiger partial charge on any atom is -0.392 e. The molecule has 0 atom stereocenters. The van der Waals surface area contributed by atoms with E-state index in [0.29, 0.717) is 5.02 Å². The normalized spacial score (nSPS) is 17.5. The first kappa shape index (κ1) is 13.6. The molecule has 0 aliphatic carbocycles. The Morgan fingerprint density at radius 2 is 2.11 bits per heavy atom. The molecule has 0 amide bonds. The van der Waals surface area contributed by atoms with Crippen molar-refractivity contribution in [3.05, 3.63) is 22.8 Å². The van der Waals surface area contributed by atoms with Crippen LogP contribution in [0, 0.1) is 11.8 Å². The molecule has 1 aromatic heterocycles. The van der Waals surface area contributed by atoms with Gasteiger partial charge in [0.15, 0.2) is 0 Å². The molecular formula is C14H21ClN2O. The molecule has 2 rings (SSSR count). The zero-order valence-corrected chi connectivity index (χ0v) is 11.8. The fourth-order valence-corrected chi connectivity index (χ4v) is 2.72. The van der Waals surface area contributed by atoms with Gasteiger partial charge in [-0.1, -0.05) is 25.4 Å². The van der Waals surface area contributed by atoms with E-state index in [1.54, 1.807) is 6.20 Å². The van der Waals surface area contributed by atoms with Crippen LogP contribution in [0.25, 0.3) is 0 Å². The number of aromatic nitrogens is 1. The van der Waals surface area contributed by atoms with Gasteiger partial charge in [-0.15, -0.1) is 0 Å². The van der Waals surface area contributed by atoms with Crippen LogP contribution in [-0.2, 0) is 6.61 Å². The van der Waals surface area contributed by atoms with E-state index in [4.69, 9.17) is 11.6 Å². The molecule has 1 aliphatic heterocycles. The van der Waals surface area contributed by atoms with Gasteiger partial charge in [0.1, 0.15) is 5.82 Å². The van der Waals surface area contributed by atoms with Crippen molar-refractivity contribution >= 4 is 17.4 Å². The van der Waals surface area contributed by atoms with Gasteiger partial charge in [-0.05, 0) is 30.7 Å². The van der Waals surface area contributed by atoms with E-state index < -0.39 is 0 Å². The summed E-state index contributed by atoms with van der Waals surface area (Å²) in [6, 6.07) is 1.90. The fraction of sp³-hybridized carbons (Fsp3) is 0.643. The SMILES string of the molecule is CC(C)C1CCN(c2cc(CO)c(Cl)cn2)CC1. The average molecular weight is 269 g/mol. The number of pyridine rings is 1. The van der Waals surface area contributed by atoms with Crippen molar-refractivity contribution in [2.75, 3.05) is 18.0 Å². The van der Waals surface area contributed by atoms with E-state index in [-0.39, 0.29) is 6.61 Å². The molecule has 1 aliphatic rings. The molecule has 0 radical (unpaired) electrons. The van der Waals surface area contributed by atoms with Crippen molar-refractivity contribution in [1.82, 2.24) is 4.98 Å². The van der Waals surface area contributed by atoms with Crippen molar-refractivity contribution in [1.29, 1.82) is 0 Å². The van der Waals surface area contributed by atoms with Gasteiger partial charge in [-0.2, -0.15) is 0 Å². The zero-order valence-electron chi connectivity index (χ0n) is 11.1.